The molecule has 0 fully saturated rings. The quantitative estimate of drug-likeness (QED) is 0.733. The number of hydrogen-bond donors (Lipinski definition) is 1. The van der Waals surface area contributed by atoms with E-state index >= 15 is 0 Å². The van der Waals surface area contributed by atoms with E-state index in [2.05, 4.69) is 5.32 Å². The van der Waals surface area contributed by atoms with Crippen molar-refractivity contribution >= 4 is 18.0 Å². The van der Waals surface area contributed by atoms with E-state index in [9.17, 15) is 14.4 Å². The molecule has 0 aromatic carbocycles. The first-order valence-corrected chi connectivity index (χ1v) is 6.03. The van der Waals surface area contributed by atoms with Gasteiger partial charge in [0.2, 0.25) is 5.91 Å². The Morgan fingerprint density at radius 1 is 1.17 bits per heavy atom. The van der Waals surface area contributed by atoms with Crippen LogP contribution in [0.1, 0.15) is 40.5 Å². The molecule has 0 aliphatic heterocycles. The Morgan fingerprint density at radius 2 is 1.78 bits per heavy atom. The van der Waals surface area contributed by atoms with E-state index in [-0.39, 0.29) is 18.5 Å². The molecule has 0 rings (SSSR count). The van der Waals surface area contributed by atoms with Crippen LogP contribution >= 0.6 is 0 Å². The Labute approximate surface area is 107 Å². The topological polar surface area (TPSA) is 81.7 Å². The minimum atomic E-state index is -0.766. The van der Waals surface area contributed by atoms with Crippen LogP contribution in [-0.2, 0) is 19.1 Å². The summed E-state index contributed by atoms with van der Waals surface area (Å²) in [6.45, 7) is 7.05. The molecule has 104 valence electrons. The van der Waals surface area contributed by atoms with Crippen molar-refractivity contribution in [2.24, 2.45) is 5.92 Å². The Bertz CT molecular complexity index is 301. The molecule has 0 radical (unpaired) electrons. The van der Waals surface area contributed by atoms with E-state index < -0.39 is 17.9 Å². The predicted octanol–water partition coefficient (Wildman–Crippen LogP) is 1.63. The van der Waals surface area contributed by atoms with Gasteiger partial charge in [-0.15, -0.1) is 0 Å². The minimum Gasteiger partial charge on any atom is -0.466 e. The number of carbonyl (C=O) groups is 3. The van der Waals surface area contributed by atoms with Crippen molar-refractivity contribution in [2.75, 3.05) is 6.61 Å². The molecule has 0 bridgehead atoms. The number of ether oxygens (including phenoxy) is 2. The lowest BCUT2D eigenvalue weighted by Gasteiger charge is -2.12. The number of alkyl carbamates (subject to hydrolysis) is 1. The van der Waals surface area contributed by atoms with Gasteiger partial charge in [-0.2, -0.15) is 0 Å². The zero-order chi connectivity index (χ0) is 14.1. The van der Waals surface area contributed by atoms with Crippen LogP contribution in [0.15, 0.2) is 0 Å². The van der Waals surface area contributed by atoms with Gasteiger partial charge in [-0.05, 0) is 27.2 Å². The molecule has 0 saturated heterocycles. The number of carbonyl (C=O) groups excluding carboxylic acids is 3. The molecule has 0 aliphatic rings. The third kappa shape index (κ3) is 7.65. The molecular formula is C12H21NO5. The molecule has 1 N–H and O–H groups in total. The normalized spacial score (nSPS) is 11.8. The fraction of sp³-hybridized carbons (Fsp3) is 0.750. The van der Waals surface area contributed by atoms with Gasteiger partial charge < -0.3 is 9.47 Å². The summed E-state index contributed by atoms with van der Waals surface area (Å²) in [5.41, 5.74) is 0. The van der Waals surface area contributed by atoms with Crippen LogP contribution < -0.4 is 5.32 Å². The van der Waals surface area contributed by atoms with Gasteiger partial charge in [0, 0.05) is 12.3 Å². The van der Waals surface area contributed by atoms with Crippen LogP contribution in [0.4, 0.5) is 4.79 Å². The number of rotatable bonds is 6. The highest BCUT2D eigenvalue weighted by Crippen LogP contribution is 2.07. The second-order valence-corrected chi connectivity index (χ2v) is 4.19. The van der Waals surface area contributed by atoms with Crippen molar-refractivity contribution in [3.05, 3.63) is 0 Å². The molecule has 6 nitrogen and oxygen atoms in total. The molecule has 1 atom stereocenters. The maximum atomic E-state index is 11.5. The summed E-state index contributed by atoms with van der Waals surface area (Å²) in [4.78, 5) is 33.8. The fourth-order valence-electron chi connectivity index (χ4n) is 1.17. The zero-order valence-electron chi connectivity index (χ0n) is 11.3. The first-order valence-electron chi connectivity index (χ1n) is 6.03. The molecular weight excluding hydrogens is 238 g/mol. The van der Waals surface area contributed by atoms with E-state index in [4.69, 9.17) is 9.47 Å². The van der Waals surface area contributed by atoms with E-state index in [0.29, 0.717) is 13.0 Å². The highest BCUT2D eigenvalue weighted by molar-refractivity contribution is 5.93. The summed E-state index contributed by atoms with van der Waals surface area (Å²) in [5, 5.41) is 2.11. The summed E-state index contributed by atoms with van der Waals surface area (Å²) in [7, 11) is 0. The average Bonchev–Trinajstić information content (AvgIpc) is 2.24. The second-order valence-electron chi connectivity index (χ2n) is 4.19. The van der Waals surface area contributed by atoms with Crippen LogP contribution in [0.3, 0.4) is 0 Å². The van der Waals surface area contributed by atoms with Crippen molar-refractivity contribution in [2.45, 2.75) is 46.6 Å². The van der Waals surface area contributed by atoms with Gasteiger partial charge >= 0.3 is 12.1 Å². The summed E-state index contributed by atoms with van der Waals surface area (Å²) in [5.74, 6) is -1.25. The van der Waals surface area contributed by atoms with E-state index in [1.54, 1.807) is 27.7 Å². The van der Waals surface area contributed by atoms with Gasteiger partial charge in [0.15, 0.2) is 0 Å². The van der Waals surface area contributed by atoms with E-state index in [0.717, 1.165) is 0 Å². The lowest BCUT2D eigenvalue weighted by molar-refractivity contribution is -0.143. The number of imide groups is 1. The molecule has 0 saturated carbocycles. The molecule has 0 aromatic heterocycles. The van der Waals surface area contributed by atoms with Crippen molar-refractivity contribution in [3.8, 4) is 0 Å². The maximum absolute atomic E-state index is 11.5. The number of hydrogen-bond acceptors (Lipinski definition) is 5. The average molecular weight is 259 g/mol. The van der Waals surface area contributed by atoms with Crippen LogP contribution in [0.25, 0.3) is 0 Å². The molecule has 0 spiro atoms. The summed E-state index contributed by atoms with van der Waals surface area (Å²) >= 11 is 0. The van der Waals surface area contributed by atoms with Gasteiger partial charge in [0.25, 0.3) is 0 Å². The van der Waals surface area contributed by atoms with Gasteiger partial charge in [0.05, 0.1) is 12.7 Å². The number of esters is 1. The molecule has 18 heavy (non-hydrogen) atoms. The summed E-state index contributed by atoms with van der Waals surface area (Å²) < 4.78 is 9.52. The van der Waals surface area contributed by atoms with Crippen LogP contribution in [-0.4, -0.2) is 30.7 Å². The standard InChI is InChI=1S/C12H21NO5/c1-5-17-10(14)7-6-9(4)11(15)13-12(16)18-8(2)3/h8-9H,5-7H2,1-4H3,(H,13,15,16). The Hall–Kier alpha value is -1.59. The lowest BCUT2D eigenvalue weighted by Crippen LogP contribution is -2.36. The third-order valence-corrected chi connectivity index (χ3v) is 2.10. The Morgan fingerprint density at radius 3 is 2.28 bits per heavy atom. The van der Waals surface area contributed by atoms with Gasteiger partial charge in [-0.1, -0.05) is 6.92 Å². The first-order chi connectivity index (χ1) is 8.36. The molecule has 6 heteroatoms. The zero-order valence-corrected chi connectivity index (χ0v) is 11.3. The van der Waals surface area contributed by atoms with Gasteiger partial charge in [-0.25, -0.2) is 4.79 Å². The Balaban J connectivity index is 3.96. The van der Waals surface area contributed by atoms with Crippen LogP contribution in [0.5, 0.6) is 0 Å². The fourth-order valence-corrected chi connectivity index (χ4v) is 1.17. The highest BCUT2D eigenvalue weighted by Gasteiger charge is 2.18. The maximum Gasteiger partial charge on any atom is 0.414 e. The highest BCUT2D eigenvalue weighted by atomic mass is 16.6. The Kier molecular flexibility index (Phi) is 7.74. The summed E-state index contributed by atoms with van der Waals surface area (Å²) in [6, 6.07) is 0. The van der Waals surface area contributed by atoms with Crippen molar-refractivity contribution < 1.29 is 23.9 Å². The largest absolute Gasteiger partial charge is 0.466 e. The first kappa shape index (κ1) is 16.4. The predicted molar refractivity (Wildman–Crippen MR) is 64.8 cm³/mol. The van der Waals surface area contributed by atoms with Crippen LogP contribution in [0, 0.1) is 5.92 Å². The molecule has 0 aliphatic carbocycles. The monoisotopic (exact) mass is 259 g/mol. The second kappa shape index (κ2) is 8.49. The van der Waals surface area contributed by atoms with Gasteiger partial charge in [0.1, 0.15) is 0 Å². The molecule has 0 heterocycles. The third-order valence-electron chi connectivity index (χ3n) is 2.10. The van der Waals surface area contributed by atoms with Gasteiger partial charge in [-0.3, -0.25) is 14.9 Å². The smallest absolute Gasteiger partial charge is 0.414 e. The molecule has 0 aromatic rings. The molecule has 2 amide bonds. The number of nitrogens with one attached hydrogen (secondary N) is 1. The summed E-state index contributed by atoms with van der Waals surface area (Å²) in [6.07, 6.45) is -0.563. The lowest BCUT2D eigenvalue weighted by atomic mass is 10.1. The van der Waals surface area contributed by atoms with Crippen LogP contribution in [0.2, 0.25) is 0 Å². The van der Waals surface area contributed by atoms with Crippen molar-refractivity contribution in [1.82, 2.24) is 5.32 Å². The van der Waals surface area contributed by atoms with E-state index in [1.807, 2.05) is 0 Å². The SMILES string of the molecule is CCOC(=O)CCC(C)C(=O)NC(=O)OC(C)C. The van der Waals surface area contributed by atoms with Crippen molar-refractivity contribution in [3.63, 3.8) is 0 Å². The van der Waals surface area contributed by atoms with E-state index in [1.165, 1.54) is 0 Å². The number of amides is 2. The van der Waals surface area contributed by atoms with Crippen molar-refractivity contribution in [1.29, 1.82) is 0 Å². The minimum absolute atomic E-state index is 0.154. The molecule has 1 unspecified atom stereocenters.